The van der Waals surface area contributed by atoms with E-state index in [1.54, 1.807) is 72.3 Å². The van der Waals surface area contributed by atoms with Gasteiger partial charge in [0.05, 0.1) is 184 Å². The number of carbonyl (C=O) groups excluding carboxylic acids is 3. The highest BCUT2D eigenvalue weighted by atomic mass is 19.1. The summed E-state index contributed by atoms with van der Waals surface area (Å²) in [6.07, 6.45) is 4.99. The van der Waals surface area contributed by atoms with Gasteiger partial charge < -0.3 is 59.8 Å². The van der Waals surface area contributed by atoms with Crippen LogP contribution in [0.1, 0.15) is 78.2 Å². The molecule has 9 aromatic rings. The standard InChI is InChI=1S/C24H22FN7O2.C24H21FN6O4.C23H21FN6O3/c1-30-7-8-34-20-13-31(12-19(20)30)21-5-6-32(29-21)18-9-16(28-17-11-27-24(33)23(17)18)22-14(10-26)3-2-4-15(22)25;25-16-3-1-2-14(9-26)21(16)17-8-19(22-18(28-17)10-27-23(22)33)31-6-4-20(29-31)30-7-5-24(13-30)34-11-15(32)12-35-24;1-23(32)12-29(11-18(23)33-2)19-6-7-30(28-19)17-8-15(27-16-10-26-22(31)21(16)17)20-13(9-25)4-3-5-14(20)24/h2-6,9,19-20H,7-8,11-13H2,1H3,(H,27,33);1-4,6,8,15,32H,5,7,10-13H2,(H,27,33);3-8,18,32H,10-12H2,1-2H3,(H,26,31)/t19-,20?;;18-,23+/m0.0/s1. The van der Waals surface area contributed by atoms with Crippen molar-refractivity contribution in [2.24, 2.45) is 0 Å². The van der Waals surface area contributed by atoms with Gasteiger partial charge in [-0.15, -0.1) is 0 Å². The number of likely N-dealkylation sites (N-methyl/N-ethyl adjacent to an activating group) is 1. The number of aliphatic hydroxyl groups is 2. The van der Waals surface area contributed by atoms with Crippen molar-refractivity contribution in [1.29, 1.82) is 15.8 Å². The number of methoxy groups -OCH3 is 1. The van der Waals surface area contributed by atoms with Crippen LogP contribution in [0, 0.1) is 51.4 Å². The molecule has 102 heavy (non-hydrogen) atoms. The molecule has 0 saturated carbocycles. The topological polar surface area (TPSA) is 341 Å². The molecule has 0 radical (unpaired) electrons. The number of hydrogen-bond donors (Lipinski definition) is 5. The molecule has 14 heterocycles. The van der Waals surface area contributed by atoms with Gasteiger partial charge in [0.1, 0.15) is 35.3 Å². The SMILES string of the molecule is CN1CCOC2CN(c3ccn(-c4cc(-c5c(F)cccc5C#N)nc5c4C(=O)NC5)n3)C[C@@H]21.CO[C@H]1CN(c2ccn(-c3cc(-c4c(F)cccc4C#N)nc4c3C(=O)NC4)n2)C[C@@]1(C)O.N#Cc1cccc(F)c1-c1cc(-n2ccc(N3CCC4(C3)OCC(O)CO4)n2)c2c(n1)CNC2=O. The predicted octanol–water partition coefficient (Wildman–Crippen LogP) is 4.98. The number of aliphatic hydroxyl groups excluding tert-OH is 1. The van der Waals surface area contributed by atoms with E-state index in [-0.39, 0.29) is 108 Å². The highest BCUT2D eigenvalue weighted by molar-refractivity contribution is 6.03. The lowest BCUT2D eigenvalue weighted by molar-refractivity contribution is -0.280. The van der Waals surface area contributed by atoms with Crippen molar-refractivity contribution in [3.63, 3.8) is 0 Å². The molecule has 1 unspecified atom stereocenters. The summed E-state index contributed by atoms with van der Waals surface area (Å²) in [6.45, 7) is 7.88. The fraction of sp³-hybridized carbons (Fsp3) is 0.324. The molecule has 5 saturated heterocycles. The first-order valence-electron chi connectivity index (χ1n) is 32.8. The van der Waals surface area contributed by atoms with Crippen molar-refractivity contribution >= 4 is 35.2 Å². The van der Waals surface area contributed by atoms with Crippen LogP contribution in [0.4, 0.5) is 30.6 Å². The Hall–Kier alpha value is -11.5. The average molecular weight is 1380 g/mol. The second-order valence-electron chi connectivity index (χ2n) is 26.0. The molecule has 0 bridgehead atoms. The summed E-state index contributed by atoms with van der Waals surface area (Å²) in [5.41, 5.74) is 4.46. The average Bonchev–Trinajstić information content (AvgIpc) is 1.59. The fourth-order valence-electron chi connectivity index (χ4n) is 14.3. The minimum atomic E-state index is -1.03. The minimum absolute atomic E-state index is 0.0781. The first kappa shape index (κ1) is 66.4. The molecule has 8 aliphatic heterocycles. The Balaban J connectivity index is 0.000000124. The van der Waals surface area contributed by atoms with Gasteiger partial charge in [0, 0.05) is 83.0 Å². The molecule has 518 valence electrons. The van der Waals surface area contributed by atoms with E-state index in [2.05, 4.69) is 57.9 Å². The molecule has 8 aliphatic rings. The van der Waals surface area contributed by atoms with Gasteiger partial charge in [-0.05, 0) is 68.6 Å². The van der Waals surface area contributed by atoms with Gasteiger partial charge in [-0.25, -0.2) is 42.2 Å². The maximum Gasteiger partial charge on any atom is 0.255 e. The Morgan fingerprint density at radius 2 is 1.01 bits per heavy atom. The first-order chi connectivity index (χ1) is 49.3. The van der Waals surface area contributed by atoms with Gasteiger partial charge in [-0.2, -0.15) is 31.1 Å². The summed E-state index contributed by atoms with van der Waals surface area (Å²) in [6, 6.07) is 29.5. The molecule has 5 fully saturated rings. The molecule has 17 rings (SSSR count). The Morgan fingerprint density at radius 1 is 0.578 bits per heavy atom. The summed E-state index contributed by atoms with van der Waals surface area (Å²) in [7, 11) is 3.67. The third-order valence-electron chi connectivity index (χ3n) is 19.5. The van der Waals surface area contributed by atoms with Crippen LogP contribution < -0.4 is 30.7 Å². The maximum absolute atomic E-state index is 14.8. The zero-order valence-electron chi connectivity index (χ0n) is 55.1. The zero-order valence-corrected chi connectivity index (χ0v) is 55.1. The van der Waals surface area contributed by atoms with Gasteiger partial charge in [0.2, 0.25) is 0 Å². The third-order valence-corrected chi connectivity index (χ3v) is 19.5. The Bertz CT molecular complexity index is 5010. The summed E-state index contributed by atoms with van der Waals surface area (Å²) in [5, 5.41) is 71.1. The second kappa shape index (κ2) is 26.6. The summed E-state index contributed by atoms with van der Waals surface area (Å²) >= 11 is 0. The van der Waals surface area contributed by atoms with Crippen molar-refractivity contribution in [3.05, 3.63) is 178 Å². The van der Waals surface area contributed by atoms with E-state index in [9.17, 15) is 53.6 Å². The number of hydrogen-bond acceptors (Lipinski definition) is 22. The number of pyridine rings is 3. The number of benzene rings is 3. The number of nitrogens with zero attached hydrogens (tertiary/aromatic N) is 16. The lowest BCUT2D eigenvalue weighted by Crippen LogP contribution is -2.48. The monoisotopic (exact) mass is 1380 g/mol. The number of halogens is 3. The van der Waals surface area contributed by atoms with E-state index in [0.29, 0.717) is 107 Å². The summed E-state index contributed by atoms with van der Waals surface area (Å²) in [4.78, 5) is 59.7. The number of nitriles is 3. The quantitative estimate of drug-likeness (QED) is 0.120. The number of fused-ring (bicyclic) bond motifs is 4. The van der Waals surface area contributed by atoms with E-state index in [1.807, 2.05) is 40.1 Å². The molecule has 4 atom stereocenters. The largest absolute Gasteiger partial charge is 0.388 e. The Kier molecular flexibility index (Phi) is 17.3. The lowest BCUT2D eigenvalue weighted by atomic mass is 10.0. The number of β-amino-alcohol motifs (C(OH)–C–C–N with tert-alkyl or cyclic N) is 1. The summed E-state index contributed by atoms with van der Waals surface area (Å²) in [5.74, 6) is -1.25. The van der Waals surface area contributed by atoms with Crippen LogP contribution in [0.15, 0.2) is 110 Å². The number of amides is 3. The molecule has 3 amide bonds. The van der Waals surface area contributed by atoms with Crippen molar-refractivity contribution in [2.45, 2.75) is 68.7 Å². The minimum Gasteiger partial charge on any atom is -0.388 e. The van der Waals surface area contributed by atoms with E-state index < -0.39 is 34.9 Å². The van der Waals surface area contributed by atoms with Crippen LogP contribution in [0.5, 0.6) is 0 Å². The lowest BCUT2D eigenvalue weighted by Gasteiger charge is -2.35. The number of anilines is 3. The van der Waals surface area contributed by atoms with E-state index >= 15 is 0 Å². The van der Waals surface area contributed by atoms with Gasteiger partial charge in [-0.1, -0.05) is 18.2 Å². The smallest absolute Gasteiger partial charge is 0.255 e. The highest BCUT2D eigenvalue weighted by Crippen LogP contribution is 2.39. The Labute approximate surface area is 580 Å². The number of ether oxygens (including phenoxy) is 4. The number of aromatic nitrogens is 9. The fourth-order valence-corrected chi connectivity index (χ4v) is 14.3. The molecule has 31 heteroatoms. The molecule has 0 aliphatic carbocycles. The van der Waals surface area contributed by atoms with Crippen molar-refractivity contribution in [2.75, 3.05) is 94.5 Å². The van der Waals surface area contributed by atoms with E-state index in [4.69, 9.17) is 24.0 Å². The van der Waals surface area contributed by atoms with Gasteiger partial charge in [-0.3, -0.25) is 19.3 Å². The number of rotatable bonds is 10. The second-order valence-corrected chi connectivity index (χ2v) is 26.0. The highest BCUT2D eigenvalue weighted by Gasteiger charge is 2.46. The molecular weight excluding hydrogens is 1320 g/mol. The van der Waals surface area contributed by atoms with Crippen LogP contribution in [-0.4, -0.2) is 193 Å². The van der Waals surface area contributed by atoms with Gasteiger partial charge in [0.15, 0.2) is 23.2 Å². The molecular formula is C71H64F3N19O9. The number of nitrogens with one attached hydrogen (secondary N) is 3. The molecule has 28 nitrogen and oxygen atoms in total. The van der Waals surface area contributed by atoms with Gasteiger partial charge in [0.25, 0.3) is 17.7 Å². The number of carbonyl (C=O) groups is 3. The van der Waals surface area contributed by atoms with Crippen LogP contribution >= 0.6 is 0 Å². The number of morpholine rings is 1. The van der Waals surface area contributed by atoms with E-state index in [1.165, 1.54) is 53.2 Å². The van der Waals surface area contributed by atoms with Gasteiger partial charge >= 0.3 is 0 Å². The zero-order chi connectivity index (χ0) is 70.9. The predicted molar refractivity (Wildman–Crippen MR) is 357 cm³/mol. The van der Waals surface area contributed by atoms with Crippen molar-refractivity contribution in [3.8, 4) is 69.0 Å². The third kappa shape index (κ3) is 12.1. The molecule has 5 N–H and O–H groups in total. The molecule has 6 aromatic heterocycles. The summed E-state index contributed by atoms with van der Waals surface area (Å²) < 4.78 is 71.8. The Morgan fingerprint density at radius 3 is 1.42 bits per heavy atom. The van der Waals surface area contributed by atoms with Crippen molar-refractivity contribution < 1.29 is 56.7 Å². The maximum atomic E-state index is 14.8. The van der Waals surface area contributed by atoms with E-state index in [0.717, 1.165) is 32.1 Å². The first-order valence-corrected chi connectivity index (χ1v) is 32.8. The van der Waals surface area contributed by atoms with Crippen LogP contribution in [-0.2, 0) is 38.6 Å². The van der Waals surface area contributed by atoms with Crippen molar-refractivity contribution in [1.82, 2.24) is 65.1 Å². The van der Waals surface area contributed by atoms with Crippen LogP contribution in [0.2, 0.25) is 0 Å². The van der Waals surface area contributed by atoms with Crippen LogP contribution in [0.25, 0.3) is 50.8 Å². The normalized spacial score (nSPS) is 22.3. The molecule has 1 spiro atoms. The van der Waals surface area contributed by atoms with Crippen LogP contribution in [0.3, 0.4) is 0 Å². The molecule has 3 aromatic carbocycles.